The second kappa shape index (κ2) is 8.33. The fourth-order valence-corrected chi connectivity index (χ4v) is 2.94. The Hall–Kier alpha value is -2.09. The van der Waals surface area contributed by atoms with Crippen molar-refractivity contribution in [1.82, 2.24) is 20.4 Å². The molecular formula is C17H23ClN4O3. The predicted octanol–water partition coefficient (Wildman–Crippen LogP) is 0.828. The van der Waals surface area contributed by atoms with Gasteiger partial charge >= 0.3 is 0 Å². The van der Waals surface area contributed by atoms with Crippen LogP contribution in [0.3, 0.4) is 0 Å². The number of carbonyl (C=O) groups excluding carboxylic acids is 1. The average Bonchev–Trinajstić information content (AvgIpc) is 3.18. The van der Waals surface area contributed by atoms with Crippen molar-refractivity contribution < 1.29 is 14.6 Å². The van der Waals surface area contributed by atoms with Crippen LogP contribution in [-0.4, -0.2) is 53.6 Å². The van der Waals surface area contributed by atoms with Crippen molar-refractivity contribution in [3.63, 3.8) is 0 Å². The van der Waals surface area contributed by atoms with Gasteiger partial charge in [-0.3, -0.25) is 9.48 Å². The lowest BCUT2D eigenvalue weighted by atomic mass is 10.0. The van der Waals surface area contributed by atoms with Crippen molar-refractivity contribution in [2.45, 2.75) is 6.10 Å². The highest BCUT2D eigenvalue weighted by molar-refractivity contribution is 6.00. The lowest BCUT2D eigenvalue weighted by Crippen LogP contribution is -2.34. The number of aromatic nitrogens is 2. The molecule has 1 aliphatic rings. The van der Waals surface area contributed by atoms with Gasteiger partial charge in [-0.1, -0.05) is 12.1 Å². The maximum absolute atomic E-state index is 12.6. The Bertz CT molecular complexity index is 734. The highest BCUT2D eigenvalue weighted by Crippen LogP contribution is 2.30. The third-order valence-electron chi connectivity index (χ3n) is 4.26. The van der Waals surface area contributed by atoms with E-state index >= 15 is 0 Å². The molecule has 2 heterocycles. The number of benzene rings is 1. The molecule has 2 unspecified atom stereocenters. The second-order valence-corrected chi connectivity index (χ2v) is 5.96. The Morgan fingerprint density at radius 1 is 1.44 bits per heavy atom. The molecule has 1 fully saturated rings. The molecule has 0 bridgehead atoms. The molecule has 0 aliphatic carbocycles. The number of hydrogen-bond donors (Lipinski definition) is 3. The minimum Gasteiger partial charge on any atom is -0.496 e. The fraction of sp³-hybridized carbons (Fsp3) is 0.412. The van der Waals surface area contributed by atoms with Gasteiger partial charge in [0.15, 0.2) is 0 Å². The SMILES string of the molecule is COc1ccccc1-c1nn(C)cc1C(=O)NCC1CNCC1O.Cl. The highest BCUT2D eigenvalue weighted by atomic mass is 35.5. The van der Waals surface area contributed by atoms with Gasteiger partial charge in [-0.25, -0.2) is 0 Å². The molecule has 3 N–H and O–H groups in total. The van der Waals surface area contributed by atoms with E-state index in [2.05, 4.69) is 15.7 Å². The zero-order chi connectivity index (χ0) is 17.1. The smallest absolute Gasteiger partial charge is 0.255 e. The molecule has 1 saturated heterocycles. The minimum atomic E-state index is -0.423. The van der Waals surface area contributed by atoms with E-state index in [1.165, 1.54) is 0 Å². The average molecular weight is 367 g/mol. The number of β-amino-alcohol motifs (C(OH)–C–C–N with tert-alkyl or cyclic N) is 1. The molecule has 1 aliphatic heterocycles. The van der Waals surface area contributed by atoms with Gasteiger partial charge in [0.1, 0.15) is 11.4 Å². The van der Waals surface area contributed by atoms with Crippen LogP contribution in [0.4, 0.5) is 0 Å². The molecule has 1 aromatic heterocycles. The van der Waals surface area contributed by atoms with Crippen LogP contribution in [0.1, 0.15) is 10.4 Å². The second-order valence-electron chi connectivity index (χ2n) is 5.96. The monoisotopic (exact) mass is 366 g/mol. The number of methoxy groups -OCH3 is 1. The number of nitrogens with one attached hydrogen (secondary N) is 2. The summed E-state index contributed by atoms with van der Waals surface area (Å²) in [6.07, 6.45) is 1.27. The van der Waals surface area contributed by atoms with Crippen molar-refractivity contribution in [2.75, 3.05) is 26.7 Å². The summed E-state index contributed by atoms with van der Waals surface area (Å²) in [4.78, 5) is 12.6. The summed E-state index contributed by atoms with van der Waals surface area (Å²) in [5, 5.41) is 20.3. The first-order valence-electron chi connectivity index (χ1n) is 7.94. The van der Waals surface area contributed by atoms with E-state index in [4.69, 9.17) is 4.74 Å². The summed E-state index contributed by atoms with van der Waals surface area (Å²) in [5.74, 6) is 0.490. The van der Waals surface area contributed by atoms with E-state index in [0.717, 1.165) is 5.56 Å². The Kier molecular flexibility index (Phi) is 6.41. The first-order valence-corrected chi connectivity index (χ1v) is 7.94. The van der Waals surface area contributed by atoms with Crippen LogP contribution in [0.15, 0.2) is 30.5 Å². The number of nitrogens with zero attached hydrogens (tertiary/aromatic N) is 2. The van der Waals surface area contributed by atoms with Gasteiger partial charge in [0, 0.05) is 44.4 Å². The van der Waals surface area contributed by atoms with Gasteiger partial charge in [0.2, 0.25) is 0 Å². The largest absolute Gasteiger partial charge is 0.496 e. The van der Waals surface area contributed by atoms with E-state index in [1.807, 2.05) is 24.3 Å². The highest BCUT2D eigenvalue weighted by Gasteiger charge is 2.26. The van der Waals surface area contributed by atoms with Crippen molar-refractivity contribution in [3.05, 3.63) is 36.0 Å². The van der Waals surface area contributed by atoms with Crippen LogP contribution >= 0.6 is 12.4 Å². The summed E-state index contributed by atoms with van der Waals surface area (Å²) >= 11 is 0. The summed E-state index contributed by atoms with van der Waals surface area (Å²) in [7, 11) is 3.37. The number of amides is 1. The number of hydrogen-bond acceptors (Lipinski definition) is 5. The van der Waals surface area contributed by atoms with Crippen molar-refractivity contribution in [3.8, 4) is 17.0 Å². The van der Waals surface area contributed by atoms with Gasteiger partial charge in [-0.05, 0) is 12.1 Å². The fourth-order valence-electron chi connectivity index (χ4n) is 2.94. The molecule has 1 amide bonds. The number of aliphatic hydroxyl groups excluding tert-OH is 1. The quantitative estimate of drug-likeness (QED) is 0.729. The van der Waals surface area contributed by atoms with Gasteiger partial charge in [0.25, 0.3) is 5.91 Å². The Balaban J connectivity index is 0.00000225. The molecular weight excluding hydrogens is 344 g/mol. The predicted molar refractivity (Wildman–Crippen MR) is 97.1 cm³/mol. The maximum atomic E-state index is 12.6. The molecule has 3 rings (SSSR count). The third kappa shape index (κ3) is 4.12. The number of aliphatic hydroxyl groups is 1. The molecule has 2 aromatic rings. The first kappa shape index (κ1) is 19.2. The van der Waals surface area contributed by atoms with E-state index in [1.54, 1.807) is 25.0 Å². The van der Waals surface area contributed by atoms with E-state index in [-0.39, 0.29) is 24.2 Å². The Morgan fingerprint density at radius 2 is 2.20 bits per heavy atom. The molecule has 1 aromatic carbocycles. The number of carbonyl (C=O) groups is 1. The topological polar surface area (TPSA) is 88.4 Å². The van der Waals surface area contributed by atoms with Crippen LogP contribution < -0.4 is 15.4 Å². The molecule has 8 heteroatoms. The molecule has 0 spiro atoms. The van der Waals surface area contributed by atoms with E-state index in [0.29, 0.717) is 36.6 Å². The molecule has 136 valence electrons. The Morgan fingerprint density at radius 3 is 2.88 bits per heavy atom. The lowest BCUT2D eigenvalue weighted by molar-refractivity contribution is 0.0927. The van der Waals surface area contributed by atoms with Crippen LogP contribution in [0.5, 0.6) is 5.75 Å². The van der Waals surface area contributed by atoms with E-state index < -0.39 is 6.10 Å². The zero-order valence-corrected chi connectivity index (χ0v) is 15.0. The summed E-state index contributed by atoms with van der Waals surface area (Å²) in [6.45, 7) is 1.70. The van der Waals surface area contributed by atoms with Crippen LogP contribution in [-0.2, 0) is 7.05 Å². The summed E-state index contributed by atoms with van der Waals surface area (Å²) < 4.78 is 6.99. The van der Waals surface area contributed by atoms with Gasteiger partial charge in [-0.2, -0.15) is 5.10 Å². The number of aryl methyl sites for hydroxylation is 1. The molecule has 0 radical (unpaired) electrons. The maximum Gasteiger partial charge on any atom is 0.255 e. The van der Waals surface area contributed by atoms with Gasteiger partial charge in [0.05, 0.1) is 18.8 Å². The van der Waals surface area contributed by atoms with Gasteiger partial charge in [-0.15, -0.1) is 12.4 Å². The molecule has 7 nitrogen and oxygen atoms in total. The van der Waals surface area contributed by atoms with Crippen LogP contribution in [0.25, 0.3) is 11.3 Å². The van der Waals surface area contributed by atoms with Crippen molar-refractivity contribution >= 4 is 18.3 Å². The first-order chi connectivity index (χ1) is 11.6. The lowest BCUT2D eigenvalue weighted by Gasteiger charge is -2.14. The number of halogens is 1. The van der Waals surface area contributed by atoms with Crippen LogP contribution in [0.2, 0.25) is 0 Å². The summed E-state index contributed by atoms with van der Waals surface area (Å²) in [6, 6.07) is 7.48. The third-order valence-corrected chi connectivity index (χ3v) is 4.26. The normalized spacial score (nSPS) is 19.3. The van der Waals surface area contributed by atoms with E-state index in [9.17, 15) is 9.90 Å². The minimum absolute atomic E-state index is 0. The number of para-hydroxylation sites is 1. The van der Waals surface area contributed by atoms with Crippen molar-refractivity contribution in [1.29, 1.82) is 0 Å². The summed E-state index contributed by atoms with van der Waals surface area (Å²) in [5.41, 5.74) is 1.84. The number of rotatable bonds is 5. The standard InChI is InChI=1S/C17H22N4O3.ClH/c1-21-10-13(17(23)19-8-11-7-18-9-14(11)22)16(20-21)12-5-3-4-6-15(12)24-2;/h3-6,10-11,14,18,22H,7-9H2,1-2H3,(H,19,23);1H. The Labute approximate surface area is 152 Å². The van der Waals surface area contributed by atoms with Crippen molar-refractivity contribution in [2.24, 2.45) is 13.0 Å². The molecule has 2 atom stereocenters. The zero-order valence-electron chi connectivity index (χ0n) is 14.2. The molecule has 0 saturated carbocycles. The van der Waals surface area contributed by atoms with Gasteiger partial charge < -0.3 is 20.5 Å². The van der Waals surface area contributed by atoms with Crippen LogP contribution in [0, 0.1) is 5.92 Å². The molecule has 25 heavy (non-hydrogen) atoms. The number of ether oxygens (including phenoxy) is 1.